The van der Waals surface area contributed by atoms with Crippen LogP contribution < -0.4 is 15.0 Å². The minimum absolute atomic E-state index is 0.0550. The number of nitrogens with one attached hydrogen (secondary N) is 1. The highest BCUT2D eigenvalue weighted by Crippen LogP contribution is 2.33. The first-order valence-corrected chi connectivity index (χ1v) is 12.4. The third-order valence-corrected chi connectivity index (χ3v) is 6.76. The van der Waals surface area contributed by atoms with E-state index in [4.69, 9.17) is 4.74 Å². The molecule has 36 heavy (non-hydrogen) atoms. The second kappa shape index (κ2) is 10.2. The van der Waals surface area contributed by atoms with Crippen molar-refractivity contribution in [2.24, 2.45) is 0 Å². The monoisotopic (exact) mass is 483 g/mol. The van der Waals surface area contributed by atoms with Crippen LogP contribution in [0.3, 0.4) is 0 Å². The maximum atomic E-state index is 13.5. The van der Waals surface area contributed by atoms with Crippen molar-refractivity contribution in [3.05, 3.63) is 95.1 Å². The Morgan fingerprint density at radius 2 is 1.75 bits per heavy atom. The highest BCUT2D eigenvalue weighted by molar-refractivity contribution is 6.11. The molecular formula is C29H29N3O4. The number of anilines is 1. The van der Waals surface area contributed by atoms with Crippen molar-refractivity contribution >= 4 is 23.4 Å². The van der Waals surface area contributed by atoms with Crippen molar-refractivity contribution in [1.82, 2.24) is 10.2 Å². The lowest BCUT2D eigenvalue weighted by Gasteiger charge is -2.26. The van der Waals surface area contributed by atoms with Gasteiger partial charge in [0.2, 0.25) is 5.91 Å². The predicted molar refractivity (Wildman–Crippen MR) is 137 cm³/mol. The van der Waals surface area contributed by atoms with E-state index in [1.807, 2.05) is 61.5 Å². The van der Waals surface area contributed by atoms with Crippen LogP contribution >= 0.6 is 0 Å². The lowest BCUT2D eigenvalue weighted by Crippen LogP contribution is -2.44. The van der Waals surface area contributed by atoms with Crippen molar-refractivity contribution in [2.75, 3.05) is 18.1 Å². The summed E-state index contributed by atoms with van der Waals surface area (Å²) in [4.78, 5) is 42.7. The predicted octanol–water partition coefficient (Wildman–Crippen LogP) is 4.17. The summed E-state index contributed by atoms with van der Waals surface area (Å²) in [5, 5.41) is 2.95. The quantitative estimate of drug-likeness (QED) is 0.547. The molecule has 3 aromatic rings. The first-order chi connectivity index (χ1) is 17.6. The van der Waals surface area contributed by atoms with Crippen molar-refractivity contribution in [3.63, 3.8) is 0 Å². The maximum Gasteiger partial charge on any atom is 0.256 e. The molecule has 1 N–H and O–H groups in total. The number of nitrogens with zero attached hydrogens (tertiary/aromatic N) is 2. The summed E-state index contributed by atoms with van der Waals surface area (Å²) in [6.07, 6.45) is 1.51. The van der Waals surface area contributed by atoms with E-state index in [0.29, 0.717) is 49.5 Å². The van der Waals surface area contributed by atoms with Gasteiger partial charge in [0, 0.05) is 24.2 Å². The number of rotatable bonds is 7. The SMILES string of the molecule is CCOc1ccccc1CNC(=O)c1ccc(CN2C(=O)[C@H]3CCCN3C(=O)c3ccccc32)cc1. The number of benzene rings is 3. The van der Waals surface area contributed by atoms with E-state index < -0.39 is 6.04 Å². The molecule has 3 amide bonds. The molecule has 0 aliphatic carbocycles. The van der Waals surface area contributed by atoms with E-state index in [2.05, 4.69) is 5.32 Å². The highest BCUT2D eigenvalue weighted by Gasteiger charge is 2.41. The van der Waals surface area contributed by atoms with Gasteiger partial charge < -0.3 is 19.9 Å². The zero-order valence-electron chi connectivity index (χ0n) is 20.3. The summed E-state index contributed by atoms with van der Waals surface area (Å²) in [6, 6.07) is 21.8. The molecule has 2 aliphatic heterocycles. The summed E-state index contributed by atoms with van der Waals surface area (Å²) in [5.41, 5.74) is 3.52. The Morgan fingerprint density at radius 1 is 1.00 bits per heavy atom. The maximum absolute atomic E-state index is 13.5. The zero-order valence-corrected chi connectivity index (χ0v) is 20.3. The number of fused-ring (bicyclic) bond motifs is 2. The third-order valence-electron chi connectivity index (χ3n) is 6.76. The van der Waals surface area contributed by atoms with E-state index >= 15 is 0 Å². The average molecular weight is 484 g/mol. The molecule has 3 aromatic carbocycles. The lowest BCUT2D eigenvalue weighted by molar-refractivity contribution is -0.122. The molecule has 1 saturated heterocycles. The Labute approximate surface area is 210 Å². The zero-order chi connectivity index (χ0) is 25.1. The second-order valence-corrected chi connectivity index (χ2v) is 9.02. The van der Waals surface area contributed by atoms with Gasteiger partial charge in [-0.3, -0.25) is 14.4 Å². The molecule has 2 aliphatic rings. The second-order valence-electron chi connectivity index (χ2n) is 9.02. The fourth-order valence-corrected chi connectivity index (χ4v) is 4.94. The Morgan fingerprint density at radius 3 is 2.56 bits per heavy atom. The molecule has 0 unspecified atom stereocenters. The van der Waals surface area contributed by atoms with Crippen molar-refractivity contribution in [3.8, 4) is 5.75 Å². The minimum atomic E-state index is -0.422. The summed E-state index contributed by atoms with van der Waals surface area (Å²) in [5.74, 6) is 0.441. The third kappa shape index (κ3) is 4.56. The van der Waals surface area contributed by atoms with E-state index in [9.17, 15) is 14.4 Å². The Bertz CT molecular complexity index is 1290. The van der Waals surface area contributed by atoms with Gasteiger partial charge in [-0.1, -0.05) is 42.5 Å². The van der Waals surface area contributed by atoms with Gasteiger partial charge in [-0.25, -0.2) is 0 Å². The minimum Gasteiger partial charge on any atom is -0.494 e. The van der Waals surface area contributed by atoms with E-state index in [1.165, 1.54) is 0 Å². The van der Waals surface area contributed by atoms with Gasteiger partial charge in [0.1, 0.15) is 11.8 Å². The lowest BCUT2D eigenvalue weighted by atomic mass is 10.1. The van der Waals surface area contributed by atoms with Crippen LogP contribution in [0.5, 0.6) is 5.75 Å². The number of para-hydroxylation sites is 2. The first kappa shape index (κ1) is 23.6. The fourth-order valence-electron chi connectivity index (χ4n) is 4.94. The van der Waals surface area contributed by atoms with Crippen LogP contribution in [0, 0.1) is 0 Å². The molecule has 7 heteroatoms. The van der Waals surface area contributed by atoms with E-state index in [1.54, 1.807) is 28.0 Å². The summed E-state index contributed by atoms with van der Waals surface area (Å²) >= 11 is 0. The number of hydrogen-bond donors (Lipinski definition) is 1. The highest BCUT2D eigenvalue weighted by atomic mass is 16.5. The summed E-state index contributed by atoms with van der Waals surface area (Å²) in [7, 11) is 0. The molecule has 0 bridgehead atoms. The van der Waals surface area contributed by atoms with Crippen LogP contribution in [0.15, 0.2) is 72.8 Å². The van der Waals surface area contributed by atoms with Gasteiger partial charge in [-0.2, -0.15) is 0 Å². The van der Waals surface area contributed by atoms with Crippen LogP contribution in [0.4, 0.5) is 5.69 Å². The molecule has 1 atom stereocenters. The molecule has 5 rings (SSSR count). The van der Waals surface area contributed by atoms with Crippen LogP contribution in [-0.4, -0.2) is 41.8 Å². The molecule has 1 fully saturated rings. The van der Waals surface area contributed by atoms with Gasteiger partial charge in [0.25, 0.3) is 11.8 Å². The number of ether oxygens (including phenoxy) is 1. The van der Waals surface area contributed by atoms with E-state index in [0.717, 1.165) is 23.3 Å². The largest absolute Gasteiger partial charge is 0.494 e. The van der Waals surface area contributed by atoms with Gasteiger partial charge >= 0.3 is 0 Å². The molecule has 184 valence electrons. The average Bonchev–Trinajstić information content (AvgIpc) is 3.38. The van der Waals surface area contributed by atoms with Crippen LogP contribution in [0.25, 0.3) is 0 Å². The molecular weight excluding hydrogens is 454 g/mol. The number of hydrogen-bond acceptors (Lipinski definition) is 4. The molecule has 7 nitrogen and oxygen atoms in total. The summed E-state index contributed by atoms with van der Waals surface area (Å²) < 4.78 is 5.63. The number of carbonyl (C=O) groups excluding carboxylic acids is 3. The van der Waals surface area contributed by atoms with Crippen molar-refractivity contribution < 1.29 is 19.1 Å². The van der Waals surface area contributed by atoms with Crippen molar-refractivity contribution in [1.29, 1.82) is 0 Å². The first-order valence-electron chi connectivity index (χ1n) is 12.4. The van der Waals surface area contributed by atoms with Gasteiger partial charge in [-0.05, 0) is 55.7 Å². The molecule has 0 spiro atoms. The Kier molecular flexibility index (Phi) is 6.71. The molecule has 2 heterocycles. The van der Waals surface area contributed by atoms with E-state index in [-0.39, 0.29) is 17.7 Å². The van der Waals surface area contributed by atoms with Gasteiger partial charge in [0.05, 0.1) is 24.4 Å². The topological polar surface area (TPSA) is 79.0 Å². The Balaban J connectivity index is 1.31. The molecule has 0 aromatic heterocycles. The van der Waals surface area contributed by atoms with Crippen LogP contribution in [0.1, 0.15) is 51.6 Å². The van der Waals surface area contributed by atoms with Crippen LogP contribution in [0.2, 0.25) is 0 Å². The number of carbonyl (C=O) groups is 3. The van der Waals surface area contributed by atoms with Gasteiger partial charge in [-0.15, -0.1) is 0 Å². The smallest absolute Gasteiger partial charge is 0.256 e. The molecule has 0 radical (unpaired) electrons. The normalized spacial score (nSPS) is 16.9. The summed E-state index contributed by atoms with van der Waals surface area (Å²) in [6.45, 7) is 3.79. The van der Waals surface area contributed by atoms with Gasteiger partial charge in [0.15, 0.2) is 0 Å². The van der Waals surface area contributed by atoms with Crippen LogP contribution in [-0.2, 0) is 17.9 Å². The Hall–Kier alpha value is -4.13. The van der Waals surface area contributed by atoms with Crippen molar-refractivity contribution in [2.45, 2.75) is 38.9 Å². The fraction of sp³-hybridized carbons (Fsp3) is 0.276. The number of amides is 3. The standard InChI is InChI=1S/C29H29N3O4/c1-2-36-26-12-6-3-8-22(26)18-30-27(33)21-15-13-20(14-16-21)19-32-24-10-5-4-9-23(24)28(34)31-17-7-11-25(31)29(32)35/h3-6,8-10,12-16,25H,2,7,11,17-19H2,1H3,(H,30,33)/t25-/m1/s1. The molecule has 0 saturated carbocycles.